The van der Waals surface area contributed by atoms with E-state index < -0.39 is 18.2 Å². The van der Waals surface area contributed by atoms with Crippen LogP contribution >= 0.6 is 0 Å². The molecule has 0 spiro atoms. The standard InChI is InChI=1S/C41H52N8O6/c1-25(2)35(43-24-55-54-6)39(50)48-20-8-12-33(48)37-42-23-32(46-37)29-17-14-27(15-18-29)10-7-11-28-16-19-30-31(22-28)45-38(44-30)34-13-9-21-49(34)40(51)36(26(3)4)47-41(52)53-5/h7,11,14-19,22-26,33-36H,8-10,12-13,20-21H2,1-6H3,(H,42,46)(H,44,45)(H,47,52)/t33?,34-,35-,36-/m0/s1. The third kappa shape index (κ3) is 9.07. The lowest BCUT2D eigenvalue weighted by Crippen LogP contribution is -2.51. The first-order valence-electron chi connectivity index (χ1n) is 19.0. The van der Waals surface area contributed by atoms with Crippen LogP contribution in [0.25, 0.3) is 28.4 Å². The minimum absolute atomic E-state index is 0.00385. The van der Waals surface area contributed by atoms with E-state index in [2.05, 4.69) is 72.6 Å². The van der Waals surface area contributed by atoms with E-state index in [4.69, 9.17) is 14.6 Å². The summed E-state index contributed by atoms with van der Waals surface area (Å²) in [6.07, 6.45) is 10.8. The molecule has 55 heavy (non-hydrogen) atoms. The number of methoxy groups -OCH3 is 1. The monoisotopic (exact) mass is 752 g/mol. The molecule has 4 atom stereocenters. The van der Waals surface area contributed by atoms with E-state index >= 15 is 0 Å². The Bertz CT molecular complexity index is 2000. The number of nitrogens with one attached hydrogen (secondary N) is 3. The summed E-state index contributed by atoms with van der Waals surface area (Å²) in [6.45, 7) is 9.00. The lowest BCUT2D eigenvalue weighted by atomic mass is 10.0. The number of imidazole rings is 2. The van der Waals surface area contributed by atoms with E-state index in [-0.39, 0.29) is 35.7 Å². The van der Waals surface area contributed by atoms with Gasteiger partial charge >= 0.3 is 6.09 Å². The van der Waals surface area contributed by atoms with Crippen molar-refractivity contribution in [3.05, 3.63) is 77.5 Å². The van der Waals surface area contributed by atoms with Gasteiger partial charge in [0.25, 0.3) is 0 Å². The Kier molecular flexibility index (Phi) is 12.7. The van der Waals surface area contributed by atoms with Gasteiger partial charge in [0, 0.05) is 13.1 Å². The third-order valence-electron chi connectivity index (χ3n) is 10.4. The van der Waals surface area contributed by atoms with Gasteiger partial charge in [-0.2, -0.15) is 4.89 Å². The minimum Gasteiger partial charge on any atom is -0.453 e. The fourth-order valence-corrected chi connectivity index (χ4v) is 7.44. The molecular weight excluding hydrogens is 701 g/mol. The summed E-state index contributed by atoms with van der Waals surface area (Å²) in [5.41, 5.74) is 5.88. The Morgan fingerprint density at radius 1 is 0.927 bits per heavy atom. The topological polar surface area (TPSA) is 167 Å². The second-order valence-corrected chi connectivity index (χ2v) is 14.8. The molecule has 2 fully saturated rings. The maximum Gasteiger partial charge on any atom is 0.407 e. The maximum atomic E-state index is 13.5. The number of hydrogen-bond donors (Lipinski definition) is 3. The number of ether oxygens (including phenoxy) is 1. The molecule has 2 aromatic heterocycles. The average molecular weight is 753 g/mol. The van der Waals surface area contributed by atoms with Crippen LogP contribution in [0.15, 0.2) is 59.7 Å². The number of H-pyrrole nitrogens is 2. The highest BCUT2D eigenvalue weighted by Crippen LogP contribution is 2.34. The molecule has 292 valence electrons. The van der Waals surface area contributed by atoms with Gasteiger partial charge in [0.05, 0.1) is 49.2 Å². The molecule has 3 N–H and O–H groups in total. The second-order valence-electron chi connectivity index (χ2n) is 14.8. The van der Waals surface area contributed by atoms with E-state index in [0.717, 1.165) is 71.6 Å². The molecule has 0 radical (unpaired) electrons. The summed E-state index contributed by atoms with van der Waals surface area (Å²) in [5.74, 6) is 1.25. The first kappa shape index (κ1) is 39.2. The number of benzene rings is 2. The summed E-state index contributed by atoms with van der Waals surface area (Å²) in [4.78, 5) is 72.9. The van der Waals surface area contributed by atoms with E-state index in [0.29, 0.717) is 13.1 Å². The molecule has 2 saturated heterocycles. The molecule has 0 bridgehead atoms. The molecule has 2 aliphatic heterocycles. The van der Waals surface area contributed by atoms with Crippen LogP contribution in [0.2, 0.25) is 0 Å². The fourth-order valence-electron chi connectivity index (χ4n) is 7.44. The summed E-state index contributed by atoms with van der Waals surface area (Å²) in [7, 11) is 2.69. The SMILES string of the molecule is COOC=N[C@H](C(=O)N1CCCC1c1ncc(-c2ccc(CC=Cc3ccc4nc([C@@H]5CCCN5C(=O)[C@@H](NC(=O)OC)C(C)C)[nH]c4c3)cc2)[nH]1)C(C)C. The number of alkyl carbamates (subject to hydrolysis) is 1. The van der Waals surface area contributed by atoms with Crippen molar-refractivity contribution in [3.63, 3.8) is 0 Å². The molecule has 1 unspecified atom stereocenters. The maximum absolute atomic E-state index is 13.5. The second kappa shape index (κ2) is 17.8. The highest BCUT2D eigenvalue weighted by molar-refractivity contribution is 5.87. The number of aromatic nitrogens is 4. The molecule has 6 rings (SSSR count). The van der Waals surface area contributed by atoms with Crippen LogP contribution in [0.5, 0.6) is 0 Å². The molecule has 14 heteroatoms. The largest absolute Gasteiger partial charge is 0.453 e. The lowest BCUT2D eigenvalue weighted by molar-refractivity contribution is -0.188. The van der Waals surface area contributed by atoms with Gasteiger partial charge in [0.1, 0.15) is 23.7 Å². The van der Waals surface area contributed by atoms with Gasteiger partial charge in [0.15, 0.2) is 0 Å². The van der Waals surface area contributed by atoms with Crippen LogP contribution in [-0.4, -0.2) is 93.4 Å². The number of rotatable bonds is 14. The van der Waals surface area contributed by atoms with E-state index in [1.165, 1.54) is 26.2 Å². The summed E-state index contributed by atoms with van der Waals surface area (Å²) in [5, 5.41) is 2.70. The van der Waals surface area contributed by atoms with Crippen molar-refractivity contribution in [2.45, 2.75) is 84.0 Å². The van der Waals surface area contributed by atoms with Crippen molar-refractivity contribution in [2.24, 2.45) is 16.8 Å². The molecular formula is C41H52N8O6. The smallest absolute Gasteiger partial charge is 0.407 e. The molecule has 14 nitrogen and oxygen atoms in total. The Morgan fingerprint density at radius 2 is 1.64 bits per heavy atom. The van der Waals surface area contributed by atoms with Crippen LogP contribution in [0.1, 0.15) is 88.2 Å². The minimum atomic E-state index is -0.678. The van der Waals surface area contributed by atoms with Crippen molar-refractivity contribution in [1.82, 2.24) is 35.1 Å². The molecule has 2 aliphatic rings. The van der Waals surface area contributed by atoms with Gasteiger partial charge in [-0.25, -0.2) is 19.8 Å². The number of aromatic amines is 2. The highest BCUT2D eigenvalue weighted by Gasteiger charge is 2.38. The van der Waals surface area contributed by atoms with Crippen molar-refractivity contribution in [3.8, 4) is 11.3 Å². The number of carbonyl (C=O) groups is 3. The zero-order valence-electron chi connectivity index (χ0n) is 32.5. The first-order chi connectivity index (χ1) is 26.6. The highest BCUT2D eigenvalue weighted by atomic mass is 17.2. The first-order valence-corrected chi connectivity index (χ1v) is 19.0. The van der Waals surface area contributed by atoms with Gasteiger partial charge in [0.2, 0.25) is 18.2 Å². The molecule has 4 heterocycles. The quantitative estimate of drug-likeness (QED) is 0.0565. The Labute approximate surface area is 321 Å². The number of aliphatic imine (C=N–C) groups is 1. The molecule has 0 aliphatic carbocycles. The van der Waals surface area contributed by atoms with Crippen LogP contribution in [0, 0.1) is 11.8 Å². The van der Waals surface area contributed by atoms with Crippen LogP contribution in [0.4, 0.5) is 4.79 Å². The van der Waals surface area contributed by atoms with Crippen molar-refractivity contribution >= 4 is 41.4 Å². The van der Waals surface area contributed by atoms with Crippen LogP contribution < -0.4 is 5.32 Å². The Morgan fingerprint density at radius 3 is 2.31 bits per heavy atom. The Hall–Kier alpha value is -5.50. The predicted octanol–water partition coefficient (Wildman–Crippen LogP) is 6.55. The number of likely N-dealkylation sites (tertiary alicyclic amines) is 2. The number of fused-ring (bicyclic) bond motifs is 1. The van der Waals surface area contributed by atoms with E-state index in [1.807, 2.05) is 55.8 Å². The fraction of sp³-hybridized carbons (Fsp3) is 0.463. The molecule has 0 saturated carbocycles. The third-order valence-corrected chi connectivity index (χ3v) is 10.4. The van der Waals surface area contributed by atoms with Crippen molar-refractivity contribution < 1.29 is 28.9 Å². The van der Waals surface area contributed by atoms with Gasteiger partial charge in [-0.15, -0.1) is 0 Å². The van der Waals surface area contributed by atoms with E-state index in [9.17, 15) is 14.4 Å². The van der Waals surface area contributed by atoms with E-state index in [1.54, 1.807) is 0 Å². The zero-order valence-corrected chi connectivity index (χ0v) is 32.5. The Balaban J connectivity index is 1.07. The number of amides is 3. The summed E-state index contributed by atoms with van der Waals surface area (Å²) in [6, 6.07) is 12.9. The molecule has 4 aromatic rings. The molecule has 3 amide bonds. The van der Waals surface area contributed by atoms with Gasteiger partial charge in [-0.05, 0) is 72.8 Å². The van der Waals surface area contributed by atoms with Crippen LogP contribution in [-0.2, 0) is 30.5 Å². The predicted molar refractivity (Wildman–Crippen MR) is 210 cm³/mol. The number of nitrogens with zero attached hydrogens (tertiary/aromatic N) is 5. The normalized spacial score (nSPS) is 18.6. The van der Waals surface area contributed by atoms with Gasteiger partial charge in [-0.1, -0.05) is 70.2 Å². The van der Waals surface area contributed by atoms with Gasteiger partial charge < -0.3 is 34.7 Å². The summed E-state index contributed by atoms with van der Waals surface area (Å²) < 4.78 is 4.76. The summed E-state index contributed by atoms with van der Waals surface area (Å²) >= 11 is 0. The average Bonchev–Trinajstić information content (AvgIpc) is 4.01. The van der Waals surface area contributed by atoms with Gasteiger partial charge in [-0.3, -0.25) is 9.59 Å². The lowest BCUT2D eigenvalue weighted by Gasteiger charge is -2.29. The number of allylic oxidation sites excluding steroid dienone is 1. The van der Waals surface area contributed by atoms with Crippen molar-refractivity contribution in [1.29, 1.82) is 0 Å². The number of carbonyl (C=O) groups excluding carboxylic acids is 3. The zero-order chi connectivity index (χ0) is 39.1. The van der Waals surface area contributed by atoms with Crippen molar-refractivity contribution in [2.75, 3.05) is 27.3 Å². The van der Waals surface area contributed by atoms with Crippen LogP contribution in [0.3, 0.4) is 0 Å². The number of hydrogen-bond acceptors (Lipinski definition) is 9. The molecule has 2 aromatic carbocycles.